The maximum absolute atomic E-state index is 5.29. The largest absolute Gasteiger partial charge is 0.497 e. The Labute approximate surface area is 108 Å². The maximum Gasteiger partial charge on any atom is 0.119 e. The highest BCUT2D eigenvalue weighted by Gasteiger charge is 2.06. The Morgan fingerprint density at radius 2 is 1.94 bits per heavy atom. The van der Waals surface area contributed by atoms with E-state index >= 15 is 0 Å². The fourth-order valence-corrected chi connectivity index (χ4v) is 1.92. The van der Waals surface area contributed by atoms with Crippen molar-refractivity contribution in [2.45, 2.75) is 13.5 Å². The minimum Gasteiger partial charge on any atom is -0.497 e. The molecule has 0 spiro atoms. The first-order chi connectivity index (χ1) is 8.85. The van der Waals surface area contributed by atoms with E-state index in [0.717, 1.165) is 18.8 Å². The van der Waals surface area contributed by atoms with Gasteiger partial charge < -0.3 is 10.1 Å². The van der Waals surface area contributed by atoms with Crippen LogP contribution in [0.15, 0.2) is 42.7 Å². The predicted octanol–water partition coefficient (Wildman–Crippen LogP) is 2.87. The zero-order chi connectivity index (χ0) is 12.8. The summed E-state index contributed by atoms with van der Waals surface area (Å²) >= 11 is 0. The van der Waals surface area contributed by atoms with Crippen molar-refractivity contribution in [1.29, 1.82) is 0 Å². The molecule has 3 heteroatoms. The van der Waals surface area contributed by atoms with E-state index < -0.39 is 0 Å². The summed E-state index contributed by atoms with van der Waals surface area (Å²) in [7, 11) is 1.69. The number of hydrogen-bond acceptors (Lipinski definition) is 3. The van der Waals surface area contributed by atoms with E-state index in [1.165, 1.54) is 16.7 Å². The summed E-state index contributed by atoms with van der Waals surface area (Å²) in [5, 5.41) is 3.35. The van der Waals surface area contributed by atoms with Gasteiger partial charge in [-0.15, -0.1) is 0 Å². The number of hydrogen-bond donors (Lipinski definition) is 1. The number of methoxy groups -OCH3 is 1. The van der Waals surface area contributed by atoms with Gasteiger partial charge >= 0.3 is 0 Å². The summed E-state index contributed by atoms with van der Waals surface area (Å²) in [6, 6.07) is 10.2. The Hall–Kier alpha value is -1.87. The third-order valence-corrected chi connectivity index (χ3v) is 2.87. The van der Waals surface area contributed by atoms with Gasteiger partial charge in [0.25, 0.3) is 0 Å². The molecule has 0 aliphatic carbocycles. The number of benzene rings is 1. The molecule has 94 valence electrons. The third kappa shape index (κ3) is 2.87. The summed E-state index contributed by atoms with van der Waals surface area (Å²) in [6.07, 6.45) is 3.63. The van der Waals surface area contributed by atoms with E-state index in [-0.39, 0.29) is 0 Å². The highest BCUT2D eigenvalue weighted by atomic mass is 16.5. The summed E-state index contributed by atoms with van der Waals surface area (Å²) in [4.78, 5) is 4.06. The van der Waals surface area contributed by atoms with Gasteiger partial charge in [-0.05, 0) is 47.5 Å². The van der Waals surface area contributed by atoms with Gasteiger partial charge in [0.15, 0.2) is 0 Å². The SMILES string of the molecule is CCNCc1cc(OC)ccc1-c1ccncc1. The number of nitrogens with one attached hydrogen (secondary N) is 1. The van der Waals surface area contributed by atoms with Gasteiger partial charge in [-0.3, -0.25) is 4.98 Å². The Bertz CT molecular complexity index is 497. The molecular weight excluding hydrogens is 224 g/mol. The van der Waals surface area contributed by atoms with Gasteiger partial charge in [0, 0.05) is 18.9 Å². The summed E-state index contributed by atoms with van der Waals surface area (Å²) in [5.74, 6) is 0.890. The first-order valence-electron chi connectivity index (χ1n) is 6.13. The Morgan fingerprint density at radius 3 is 2.61 bits per heavy atom. The van der Waals surface area contributed by atoms with Crippen LogP contribution in [0.2, 0.25) is 0 Å². The van der Waals surface area contributed by atoms with Gasteiger partial charge in [-0.2, -0.15) is 0 Å². The molecule has 0 aliphatic heterocycles. The van der Waals surface area contributed by atoms with Crippen molar-refractivity contribution in [3.63, 3.8) is 0 Å². The number of rotatable bonds is 5. The minimum atomic E-state index is 0.839. The maximum atomic E-state index is 5.29. The van der Waals surface area contributed by atoms with Crippen LogP contribution in [0.3, 0.4) is 0 Å². The normalized spacial score (nSPS) is 10.3. The summed E-state index contributed by atoms with van der Waals surface area (Å²) in [6.45, 7) is 3.89. The van der Waals surface area contributed by atoms with Crippen LogP contribution >= 0.6 is 0 Å². The van der Waals surface area contributed by atoms with Crippen LogP contribution in [0.5, 0.6) is 5.75 Å². The van der Waals surface area contributed by atoms with Gasteiger partial charge in [0.2, 0.25) is 0 Å². The van der Waals surface area contributed by atoms with E-state index in [0.29, 0.717) is 0 Å². The Kier molecular flexibility index (Phi) is 4.31. The van der Waals surface area contributed by atoms with Crippen LogP contribution in [0.1, 0.15) is 12.5 Å². The number of ether oxygens (including phenoxy) is 1. The van der Waals surface area contributed by atoms with E-state index in [2.05, 4.69) is 29.4 Å². The molecule has 0 aliphatic rings. The zero-order valence-corrected chi connectivity index (χ0v) is 10.8. The molecule has 0 radical (unpaired) electrons. The van der Waals surface area contributed by atoms with Crippen molar-refractivity contribution in [2.75, 3.05) is 13.7 Å². The van der Waals surface area contributed by atoms with Gasteiger partial charge in [0.05, 0.1) is 7.11 Å². The lowest BCUT2D eigenvalue weighted by Crippen LogP contribution is -2.12. The molecule has 0 bridgehead atoms. The van der Waals surface area contributed by atoms with Crippen molar-refractivity contribution in [3.05, 3.63) is 48.3 Å². The van der Waals surface area contributed by atoms with Crippen molar-refractivity contribution in [3.8, 4) is 16.9 Å². The molecule has 2 rings (SSSR count). The topological polar surface area (TPSA) is 34.1 Å². The molecule has 1 aromatic carbocycles. The number of aromatic nitrogens is 1. The summed E-state index contributed by atoms with van der Waals surface area (Å²) in [5.41, 5.74) is 3.64. The van der Waals surface area contributed by atoms with Gasteiger partial charge in [0.1, 0.15) is 5.75 Å². The lowest BCUT2D eigenvalue weighted by atomic mass is 10.0. The second kappa shape index (κ2) is 6.17. The van der Waals surface area contributed by atoms with Gasteiger partial charge in [-0.25, -0.2) is 0 Å². The predicted molar refractivity (Wildman–Crippen MR) is 73.6 cm³/mol. The van der Waals surface area contributed by atoms with Crippen LogP contribution in [-0.2, 0) is 6.54 Å². The van der Waals surface area contributed by atoms with Crippen LogP contribution in [0.4, 0.5) is 0 Å². The Morgan fingerprint density at radius 1 is 1.17 bits per heavy atom. The fourth-order valence-electron chi connectivity index (χ4n) is 1.92. The minimum absolute atomic E-state index is 0.839. The van der Waals surface area contributed by atoms with Crippen LogP contribution < -0.4 is 10.1 Å². The van der Waals surface area contributed by atoms with Crippen molar-refractivity contribution >= 4 is 0 Å². The van der Waals surface area contributed by atoms with Crippen molar-refractivity contribution in [1.82, 2.24) is 10.3 Å². The molecule has 0 amide bonds. The lowest BCUT2D eigenvalue weighted by molar-refractivity contribution is 0.414. The van der Waals surface area contributed by atoms with Crippen LogP contribution in [-0.4, -0.2) is 18.6 Å². The molecule has 1 aromatic heterocycles. The van der Waals surface area contributed by atoms with E-state index in [1.807, 2.05) is 30.6 Å². The number of pyridine rings is 1. The van der Waals surface area contributed by atoms with Crippen molar-refractivity contribution < 1.29 is 4.74 Å². The highest BCUT2D eigenvalue weighted by Crippen LogP contribution is 2.26. The quantitative estimate of drug-likeness (QED) is 0.875. The smallest absolute Gasteiger partial charge is 0.119 e. The fraction of sp³-hybridized carbons (Fsp3) is 0.267. The first kappa shape index (κ1) is 12.6. The monoisotopic (exact) mass is 242 g/mol. The van der Waals surface area contributed by atoms with E-state index in [4.69, 9.17) is 4.74 Å². The second-order valence-corrected chi connectivity index (χ2v) is 4.04. The second-order valence-electron chi connectivity index (χ2n) is 4.04. The molecule has 0 atom stereocenters. The molecule has 3 nitrogen and oxygen atoms in total. The first-order valence-corrected chi connectivity index (χ1v) is 6.13. The zero-order valence-electron chi connectivity index (χ0n) is 10.8. The lowest BCUT2D eigenvalue weighted by Gasteiger charge is -2.12. The molecule has 1 heterocycles. The van der Waals surface area contributed by atoms with Crippen LogP contribution in [0.25, 0.3) is 11.1 Å². The van der Waals surface area contributed by atoms with E-state index in [1.54, 1.807) is 7.11 Å². The third-order valence-electron chi connectivity index (χ3n) is 2.87. The summed E-state index contributed by atoms with van der Waals surface area (Å²) < 4.78 is 5.29. The average Bonchev–Trinajstić information content (AvgIpc) is 2.45. The molecule has 0 saturated carbocycles. The van der Waals surface area contributed by atoms with Gasteiger partial charge in [-0.1, -0.05) is 13.0 Å². The van der Waals surface area contributed by atoms with Crippen LogP contribution in [0, 0.1) is 0 Å². The molecule has 0 saturated heterocycles. The molecule has 0 unspecified atom stereocenters. The molecule has 0 fully saturated rings. The van der Waals surface area contributed by atoms with Crippen molar-refractivity contribution in [2.24, 2.45) is 0 Å². The standard InChI is InChI=1S/C15H18N2O/c1-3-16-11-13-10-14(18-2)4-5-15(13)12-6-8-17-9-7-12/h4-10,16H,3,11H2,1-2H3. The Balaban J connectivity index is 2.39. The molecular formula is C15H18N2O. The number of nitrogens with zero attached hydrogens (tertiary/aromatic N) is 1. The molecule has 18 heavy (non-hydrogen) atoms. The average molecular weight is 242 g/mol. The molecule has 1 N–H and O–H groups in total. The van der Waals surface area contributed by atoms with E-state index in [9.17, 15) is 0 Å². The molecule has 2 aromatic rings. The highest BCUT2D eigenvalue weighted by molar-refractivity contribution is 5.68.